The van der Waals surface area contributed by atoms with E-state index in [1.54, 1.807) is 0 Å². The summed E-state index contributed by atoms with van der Waals surface area (Å²) in [6.07, 6.45) is 3.68. The smallest absolute Gasteiger partial charge is 0.0713 e. The lowest BCUT2D eigenvalue weighted by molar-refractivity contribution is 0.0484. The minimum Gasteiger partial charge on any atom is -0.334 e. The summed E-state index contributed by atoms with van der Waals surface area (Å²) in [5.74, 6) is 0. The van der Waals surface area contributed by atoms with E-state index in [2.05, 4.69) is 184 Å². The van der Waals surface area contributed by atoms with Gasteiger partial charge in [0.25, 0.3) is 0 Å². The Hall–Kier alpha value is -4.88. The van der Waals surface area contributed by atoms with Gasteiger partial charge in [0.15, 0.2) is 0 Å². The van der Waals surface area contributed by atoms with Crippen molar-refractivity contribution in [1.82, 2.24) is 0 Å². The third-order valence-electron chi connectivity index (χ3n) is 13.0. The van der Waals surface area contributed by atoms with E-state index in [4.69, 9.17) is 0 Å². The maximum absolute atomic E-state index is 2.69. The Morgan fingerprint density at radius 3 is 1.73 bits per heavy atom. The van der Waals surface area contributed by atoms with Crippen molar-refractivity contribution in [3.8, 4) is 22.3 Å². The number of rotatable bonds is 4. The number of benzene rings is 6. The van der Waals surface area contributed by atoms with E-state index in [1.165, 1.54) is 80.7 Å². The SMILES string of the molecule is CC1(C)CCCC2(C)c3cc(-c4ccc5c(c4)-c4ccccc4C5(c4ccccc4)c4ccccc4)ccc3N(c3ccccc3)C12C. The molecule has 2 atom stereocenters. The minimum atomic E-state index is -0.371. The van der Waals surface area contributed by atoms with Gasteiger partial charge in [-0.05, 0) is 106 Å². The zero-order chi connectivity index (χ0) is 32.7. The average Bonchev–Trinajstić information content (AvgIpc) is 3.54. The second-order valence-electron chi connectivity index (χ2n) is 15.3. The molecule has 6 aromatic rings. The van der Waals surface area contributed by atoms with Crippen molar-refractivity contribution in [3.05, 3.63) is 179 Å². The molecule has 2 unspecified atom stereocenters. The van der Waals surface area contributed by atoms with Gasteiger partial charge in [-0.2, -0.15) is 0 Å². The first-order valence-electron chi connectivity index (χ1n) is 17.7. The molecular weight excluding hydrogens is 579 g/mol. The summed E-state index contributed by atoms with van der Waals surface area (Å²) in [5, 5.41) is 0. The zero-order valence-corrected chi connectivity index (χ0v) is 28.5. The fourth-order valence-corrected chi connectivity index (χ4v) is 10.3. The van der Waals surface area contributed by atoms with E-state index < -0.39 is 0 Å². The predicted octanol–water partition coefficient (Wildman–Crippen LogP) is 12.1. The van der Waals surface area contributed by atoms with Gasteiger partial charge in [0.05, 0.1) is 11.0 Å². The van der Waals surface area contributed by atoms with E-state index >= 15 is 0 Å². The Labute approximate surface area is 285 Å². The molecule has 0 bridgehead atoms. The van der Waals surface area contributed by atoms with Crippen molar-refractivity contribution in [3.63, 3.8) is 0 Å². The molecule has 1 heteroatoms. The Morgan fingerprint density at radius 2 is 1.04 bits per heavy atom. The predicted molar refractivity (Wildman–Crippen MR) is 201 cm³/mol. The van der Waals surface area contributed by atoms with Crippen molar-refractivity contribution in [2.75, 3.05) is 4.90 Å². The van der Waals surface area contributed by atoms with Crippen molar-refractivity contribution >= 4 is 11.4 Å². The quantitative estimate of drug-likeness (QED) is 0.189. The number of para-hydroxylation sites is 1. The molecule has 1 nitrogen and oxygen atoms in total. The highest BCUT2D eigenvalue weighted by Crippen LogP contribution is 2.66. The monoisotopic (exact) mass is 621 g/mol. The molecule has 1 fully saturated rings. The molecular formula is C47H43N. The first-order valence-corrected chi connectivity index (χ1v) is 17.7. The van der Waals surface area contributed by atoms with Gasteiger partial charge in [-0.25, -0.2) is 0 Å². The van der Waals surface area contributed by atoms with Crippen molar-refractivity contribution < 1.29 is 0 Å². The first kappa shape index (κ1) is 29.3. The maximum atomic E-state index is 2.69. The standard InChI is InChI=1S/C47H43N/c1-44(2)29-16-30-45(3)42-32-34(26-28-43(42)48(46(44,45)4)37-21-12-7-13-22-37)33-25-27-41-39(31-33)38-23-14-15-24-40(38)47(41,35-17-8-5-9-18-35)36-19-10-6-11-20-36/h5-15,17-28,31-32H,16,29-30H2,1-4H3. The maximum Gasteiger partial charge on any atom is 0.0713 e. The third-order valence-corrected chi connectivity index (χ3v) is 13.0. The van der Waals surface area contributed by atoms with Crippen LogP contribution in [-0.4, -0.2) is 5.54 Å². The minimum absolute atomic E-state index is 0.0229. The molecule has 48 heavy (non-hydrogen) atoms. The molecule has 2 aliphatic carbocycles. The van der Waals surface area contributed by atoms with Gasteiger partial charge >= 0.3 is 0 Å². The summed E-state index contributed by atoms with van der Waals surface area (Å²) in [6, 6.07) is 56.9. The molecule has 9 rings (SSSR count). The van der Waals surface area contributed by atoms with Crippen LogP contribution in [0.4, 0.5) is 11.4 Å². The normalized spacial score (nSPS) is 22.8. The fraction of sp³-hybridized carbons (Fsp3) is 0.234. The lowest BCUT2D eigenvalue weighted by Gasteiger charge is -2.59. The van der Waals surface area contributed by atoms with Crippen LogP contribution in [-0.2, 0) is 10.8 Å². The van der Waals surface area contributed by atoms with Crippen LogP contribution < -0.4 is 4.90 Å². The van der Waals surface area contributed by atoms with Gasteiger partial charge in [-0.15, -0.1) is 0 Å². The van der Waals surface area contributed by atoms with E-state index in [1.807, 2.05) is 0 Å². The molecule has 6 aromatic carbocycles. The highest BCUT2D eigenvalue weighted by molar-refractivity contribution is 5.89. The fourth-order valence-electron chi connectivity index (χ4n) is 10.3. The number of hydrogen-bond acceptors (Lipinski definition) is 1. The van der Waals surface area contributed by atoms with E-state index in [0.717, 1.165) is 0 Å². The van der Waals surface area contributed by atoms with Crippen LogP contribution >= 0.6 is 0 Å². The highest BCUT2D eigenvalue weighted by atomic mass is 15.3. The third kappa shape index (κ3) is 3.68. The lowest BCUT2D eigenvalue weighted by Crippen LogP contribution is -2.64. The number of hydrogen-bond donors (Lipinski definition) is 0. The lowest BCUT2D eigenvalue weighted by atomic mass is 9.51. The molecule has 0 N–H and O–H groups in total. The molecule has 0 radical (unpaired) electrons. The number of fused-ring (bicyclic) bond motifs is 6. The molecule has 0 amide bonds. The summed E-state index contributed by atoms with van der Waals surface area (Å²) in [7, 11) is 0. The molecule has 1 aliphatic heterocycles. The number of anilines is 2. The van der Waals surface area contributed by atoms with Gasteiger partial charge in [0, 0.05) is 16.8 Å². The second kappa shape index (κ2) is 10.3. The second-order valence-corrected chi connectivity index (χ2v) is 15.3. The van der Waals surface area contributed by atoms with Crippen molar-refractivity contribution in [2.45, 2.75) is 63.3 Å². The molecule has 236 valence electrons. The highest BCUT2D eigenvalue weighted by Gasteiger charge is 2.64. The zero-order valence-electron chi connectivity index (χ0n) is 28.5. The van der Waals surface area contributed by atoms with Crippen molar-refractivity contribution in [1.29, 1.82) is 0 Å². The molecule has 3 aliphatic rings. The van der Waals surface area contributed by atoms with Crippen LogP contribution in [0.3, 0.4) is 0 Å². The van der Waals surface area contributed by atoms with Gasteiger partial charge in [0.2, 0.25) is 0 Å². The van der Waals surface area contributed by atoms with E-state index in [9.17, 15) is 0 Å². The molecule has 0 aromatic heterocycles. The van der Waals surface area contributed by atoms with Crippen LogP contribution in [0.1, 0.15) is 74.8 Å². The van der Waals surface area contributed by atoms with Crippen molar-refractivity contribution in [2.24, 2.45) is 5.41 Å². The summed E-state index contributed by atoms with van der Waals surface area (Å²) >= 11 is 0. The van der Waals surface area contributed by atoms with Gasteiger partial charge in [-0.3, -0.25) is 0 Å². The topological polar surface area (TPSA) is 3.24 Å². The Bertz CT molecular complexity index is 2120. The van der Waals surface area contributed by atoms with Crippen LogP contribution in [0.15, 0.2) is 152 Å². The summed E-state index contributed by atoms with van der Waals surface area (Å²) in [6.45, 7) is 10.1. The van der Waals surface area contributed by atoms with E-state index in [0.29, 0.717) is 0 Å². The summed E-state index contributed by atoms with van der Waals surface area (Å²) in [4.78, 5) is 2.69. The molecule has 0 saturated heterocycles. The molecule has 1 heterocycles. The van der Waals surface area contributed by atoms with Crippen LogP contribution in [0.25, 0.3) is 22.3 Å². The summed E-state index contributed by atoms with van der Waals surface area (Å²) in [5.41, 5.74) is 14.4. The Kier molecular flexibility index (Phi) is 6.29. The summed E-state index contributed by atoms with van der Waals surface area (Å²) < 4.78 is 0. The molecule has 0 spiro atoms. The van der Waals surface area contributed by atoms with Crippen LogP contribution in [0.2, 0.25) is 0 Å². The Balaban J connectivity index is 1.25. The van der Waals surface area contributed by atoms with Crippen LogP contribution in [0.5, 0.6) is 0 Å². The first-order chi connectivity index (χ1) is 23.3. The number of nitrogens with zero attached hydrogens (tertiary/aromatic N) is 1. The van der Waals surface area contributed by atoms with Gasteiger partial charge < -0.3 is 4.90 Å². The average molecular weight is 622 g/mol. The van der Waals surface area contributed by atoms with E-state index in [-0.39, 0.29) is 21.8 Å². The largest absolute Gasteiger partial charge is 0.334 e. The van der Waals surface area contributed by atoms with Gasteiger partial charge in [0.1, 0.15) is 0 Å². The van der Waals surface area contributed by atoms with Crippen LogP contribution in [0, 0.1) is 5.41 Å². The Morgan fingerprint density at radius 1 is 0.479 bits per heavy atom. The molecule has 1 saturated carbocycles. The van der Waals surface area contributed by atoms with Gasteiger partial charge in [-0.1, -0.05) is 149 Å².